The van der Waals surface area contributed by atoms with Crippen molar-refractivity contribution < 1.29 is 32.2 Å². The van der Waals surface area contributed by atoms with Crippen molar-refractivity contribution >= 4 is 38.9 Å². The second-order valence-electron chi connectivity index (χ2n) is 7.23. The lowest BCUT2D eigenvalue weighted by molar-refractivity contribution is -0.117. The van der Waals surface area contributed by atoms with Crippen molar-refractivity contribution in [2.24, 2.45) is 5.73 Å². The first kappa shape index (κ1) is 23.6. The zero-order valence-electron chi connectivity index (χ0n) is 18.6. The molecule has 1 aliphatic rings. The maximum absolute atomic E-state index is 13.9. The molecule has 0 fully saturated rings. The summed E-state index contributed by atoms with van der Waals surface area (Å²) in [6.07, 6.45) is 0. The molecule has 11 heteroatoms. The van der Waals surface area contributed by atoms with Gasteiger partial charge in [0.2, 0.25) is 0 Å². The van der Waals surface area contributed by atoms with E-state index in [9.17, 15) is 18.0 Å². The van der Waals surface area contributed by atoms with Crippen molar-refractivity contribution in [3.63, 3.8) is 0 Å². The third-order valence-corrected chi connectivity index (χ3v) is 8.56. The molecule has 3 aromatic rings. The number of hydrogen-bond donors (Lipinski definition) is 1. The summed E-state index contributed by atoms with van der Waals surface area (Å²) in [4.78, 5) is 26.4. The molecule has 0 radical (unpaired) electrons. The van der Waals surface area contributed by atoms with Crippen LogP contribution in [0.3, 0.4) is 0 Å². The summed E-state index contributed by atoms with van der Waals surface area (Å²) >= 11 is 0.923. The second kappa shape index (κ2) is 8.99. The van der Waals surface area contributed by atoms with Crippen LogP contribution in [0.15, 0.2) is 52.1 Å². The van der Waals surface area contributed by atoms with E-state index in [2.05, 4.69) is 0 Å². The molecule has 0 saturated carbocycles. The van der Waals surface area contributed by atoms with E-state index in [0.717, 1.165) is 11.3 Å². The third kappa shape index (κ3) is 3.57. The van der Waals surface area contributed by atoms with Crippen molar-refractivity contribution in [2.75, 3.05) is 25.1 Å². The molecule has 2 N–H and O–H groups in total. The summed E-state index contributed by atoms with van der Waals surface area (Å²) in [6, 6.07) is 11.1. The molecule has 2 aromatic carbocycles. The third-order valence-electron chi connectivity index (χ3n) is 5.43. The molecule has 1 aliphatic heterocycles. The molecule has 1 atom stereocenters. The molecule has 0 bridgehead atoms. The van der Waals surface area contributed by atoms with Crippen LogP contribution < -0.4 is 24.2 Å². The lowest BCUT2D eigenvalue weighted by atomic mass is 9.88. The summed E-state index contributed by atoms with van der Waals surface area (Å²) in [6.45, 7) is 2.11. The van der Waals surface area contributed by atoms with Crippen LogP contribution >= 0.6 is 11.3 Å². The van der Waals surface area contributed by atoms with E-state index < -0.39 is 27.8 Å². The van der Waals surface area contributed by atoms with Crippen LogP contribution in [0.4, 0.5) is 5.69 Å². The van der Waals surface area contributed by atoms with Crippen LogP contribution in [-0.2, 0) is 14.8 Å². The summed E-state index contributed by atoms with van der Waals surface area (Å²) in [5.74, 6) is -2.16. The van der Waals surface area contributed by atoms with Gasteiger partial charge in [0.25, 0.3) is 21.8 Å². The van der Waals surface area contributed by atoms with Gasteiger partial charge in [-0.15, -0.1) is 11.3 Å². The van der Waals surface area contributed by atoms with Crippen LogP contribution in [0.2, 0.25) is 0 Å². The highest BCUT2D eigenvalue weighted by molar-refractivity contribution is 7.95. The Kier molecular flexibility index (Phi) is 6.24. The maximum Gasteiger partial charge on any atom is 0.284 e. The van der Waals surface area contributed by atoms with E-state index in [0.29, 0.717) is 22.2 Å². The number of nitrogens with zero attached hydrogens (tertiary/aromatic N) is 1. The normalized spacial score (nSPS) is 15.2. The predicted octanol–water partition coefficient (Wildman–Crippen LogP) is 3.13. The monoisotopic (exact) mass is 502 g/mol. The van der Waals surface area contributed by atoms with E-state index in [-0.39, 0.29) is 32.5 Å². The number of anilines is 1. The SMILES string of the molecule is CCOc1ccccc1C1C(=O)N(S(=O)(=O)c2sccc2OC)c2ccc(OC)c(C(N)=O)c21. The van der Waals surface area contributed by atoms with E-state index in [1.54, 1.807) is 36.6 Å². The number of ether oxygens (including phenoxy) is 3. The lowest BCUT2D eigenvalue weighted by Gasteiger charge is -2.19. The number of thiophene rings is 1. The zero-order valence-corrected chi connectivity index (χ0v) is 20.2. The van der Waals surface area contributed by atoms with Crippen LogP contribution in [0.5, 0.6) is 17.2 Å². The van der Waals surface area contributed by atoms with Gasteiger partial charge in [-0.2, -0.15) is 8.42 Å². The number of benzene rings is 2. The molecule has 2 heterocycles. The van der Waals surface area contributed by atoms with Gasteiger partial charge in [-0.1, -0.05) is 18.2 Å². The average Bonchev–Trinajstić information content (AvgIpc) is 3.41. The first-order valence-electron chi connectivity index (χ1n) is 10.2. The number of para-hydroxylation sites is 1. The molecule has 0 spiro atoms. The number of methoxy groups -OCH3 is 2. The van der Waals surface area contributed by atoms with Gasteiger partial charge in [0.1, 0.15) is 17.2 Å². The summed E-state index contributed by atoms with van der Waals surface area (Å²) in [5.41, 5.74) is 6.19. The molecule has 4 rings (SSSR count). The van der Waals surface area contributed by atoms with E-state index in [1.807, 2.05) is 0 Å². The minimum atomic E-state index is -4.39. The number of fused-ring (bicyclic) bond motifs is 1. The van der Waals surface area contributed by atoms with Crippen molar-refractivity contribution in [3.8, 4) is 17.2 Å². The molecule has 34 heavy (non-hydrogen) atoms. The zero-order chi connectivity index (χ0) is 24.6. The van der Waals surface area contributed by atoms with Gasteiger partial charge in [0, 0.05) is 11.1 Å². The van der Waals surface area contributed by atoms with Crippen molar-refractivity contribution in [1.29, 1.82) is 0 Å². The fourth-order valence-electron chi connectivity index (χ4n) is 4.09. The molecule has 1 aromatic heterocycles. The van der Waals surface area contributed by atoms with Crippen molar-refractivity contribution in [1.82, 2.24) is 0 Å². The highest BCUT2D eigenvalue weighted by Crippen LogP contribution is 2.50. The second-order valence-corrected chi connectivity index (χ2v) is 10.1. The summed E-state index contributed by atoms with van der Waals surface area (Å²) in [5, 5.41) is 1.55. The Bertz CT molecular complexity index is 1380. The minimum absolute atomic E-state index is 0.0198. The van der Waals surface area contributed by atoms with Gasteiger partial charge < -0.3 is 19.9 Å². The Morgan fingerprint density at radius 1 is 1.06 bits per heavy atom. The minimum Gasteiger partial charge on any atom is -0.496 e. The van der Waals surface area contributed by atoms with Crippen LogP contribution in [0, 0.1) is 0 Å². The van der Waals surface area contributed by atoms with Crippen LogP contribution in [-0.4, -0.2) is 41.1 Å². The molecule has 0 saturated heterocycles. The Hall–Kier alpha value is -3.57. The van der Waals surface area contributed by atoms with Gasteiger partial charge in [-0.05, 0) is 36.6 Å². The molecule has 1 unspecified atom stereocenters. The fraction of sp³-hybridized carbons (Fsp3) is 0.217. The van der Waals surface area contributed by atoms with Gasteiger partial charge in [0.05, 0.1) is 38.0 Å². The van der Waals surface area contributed by atoms with E-state index >= 15 is 0 Å². The lowest BCUT2D eigenvalue weighted by Crippen LogP contribution is -2.35. The number of carbonyl (C=O) groups excluding carboxylic acids is 2. The first-order valence-corrected chi connectivity index (χ1v) is 12.5. The van der Waals surface area contributed by atoms with Crippen molar-refractivity contribution in [3.05, 3.63) is 64.5 Å². The quantitative estimate of drug-likeness (QED) is 0.502. The molecule has 2 amide bonds. The molecular weight excluding hydrogens is 480 g/mol. The average molecular weight is 503 g/mol. The van der Waals surface area contributed by atoms with Crippen LogP contribution in [0.1, 0.15) is 34.3 Å². The highest BCUT2D eigenvalue weighted by atomic mass is 32.2. The standard InChI is InChI=1S/C23H22N2O7S2/c1-4-32-15-8-6-5-7-13(15)18-19-14(9-10-16(30-2)20(19)21(24)26)25(22(18)27)34(28,29)23-17(31-3)11-12-33-23/h5-12,18H,4H2,1-3H3,(H2,24,26). The van der Waals surface area contributed by atoms with E-state index in [1.165, 1.54) is 32.4 Å². The molecular formula is C23H22N2O7S2. The number of amides is 2. The number of sulfonamides is 1. The largest absolute Gasteiger partial charge is 0.496 e. The van der Waals surface area contributed by atoms with Crippen molar-refractivity contribution in [2.45, 2.75) is 17.1 Å². The summed E-state index contributed by atoms with van der Waals surface area (Å²) in [7, 11) is -1.68. The number of nitrogens with two attached hydrogens (primary N) is 1. The van der Waals surface area contributed by atoms with Gasteiger partial charge in [-0.3, -0.25) is 9.59 Å². The Balaban J connectivity index is 2.04. The van der Waals surface area contributed by atoms with Gasteiger partial charge in [-0.25, -0.2) is 4.31 Å². The topological polar surface area (TPSA) is 125 Å². The van der Waals surface area contributed by atoms with Gasteiger partial charge in [0.15, 0.2) is 4.21 Å². The predicted molar refractivity (Wildman–Crippen MR) is 127 cm³/mol. The number of primary amides is 1. The fourth-order valence-corrected chi connectivity index (χ4v) is 6.88. The van der Waals surface area contributed by atoms with E-state index in [4.69, 9.17) is 19.9 Å². The number of rotatable bonds is 8. The first-order chi connectivity index (χ1) is 16.3. The Labute approximate surface area is 200 Å². The molecule has 9 nitrogen and oxygen atoms in total. The number of carbonyl (C=O) groups is 2. The Morgan fingerprint density at radius 3 is 2.41 bits per heavy atom. The number of hydrogen-bond acceptors (Lipinski definition) is 8. The molecule has 0 aliphatic carbocycles. The smallest absolute Gasteiger partial charge is 0.284 e. The maximum atomic E-state index is 13.9. The van der Waals surface area contributed by atoms with Crippen LogP contribution in [0.25, 0.3) is 0 Å². The molecule has 178 valence electrons. The summed E-state index contributed by atoms with van der Waals surface area (Å²) < 4.78 is 44.3. The highest BCUT2D eigenvalue weighted by Gasteiger charge is 2.49. The Morgan fingerprint density at radius 2 is 1.76 bits per heavy atom. The van der Waals surface area contributed by atoms with Gasteiger partial charge >= 0.3 is 0 Å².